The van der Waals surface area contributed by atoms with Crippen LogP contribution in [-0.2, 0) is 9.53 Å². The van der Waals surface area contributed by atoms with Gasteiger partial charge in [-0.25, -0.2) is 0 Å². The smallest absolute Gasteiger partial charge is 0.306 e. The molecule has 2 aromatic rings. The molecule has 3 aliphatic rings. The molecule has 5 rings (SSSR count). The summed E-state index contributed by atoms with van der Waals surface area (Å²) in [6, 6.07) is 8.06. The molecule has 154 valence electrons. The molecule has 3 aliphatic heterocycles. The van der Waals surface area contributed by atoms with Crippen molar-refractivity contribution in [3.63, 3.8) is 0 Å². The van der Waals surface area contributed by atoms with E-state index in [1.807, 2.05) is 37.4 Å². The quantitative estimate of drug-likeness (QED) is 0.510. The molecule has 5 atom stereocenters. The number of rotatable bonds is 7. The monoisotopic (exact) mass is 394 g/mol. The molecule has 0 aliphatic carbocycles. The highest BCUT2D eigenvalue weighted by Crippen LogP contribution is 2.43. The molecule has 0 amide bonds. The number of fused-ring (bicyclic) bond motifs is 4. The maximum Gasteiger partial charge on any atom is 0.306 e. The van der Waals surface area contributed by atoms with Gasteiger partial charge in [0, 0.05) is 30.1 Å². The van der Waals surface area contributed by atoms with Crippen LogP contribution >= 0.6 is 0 Å². The largest absolute Gasteiger partial charge is 0.497 e. The van der Waals surface area contributed by atoms with Crippen LogP contribution in [0.15, 0.2) is 43.1 Å². The van der Waals surface area contributed by atoms with Crippen molar-refractivity contribution in [1.29, 1.82) is 0 Å². The number of esters is 1. The molecule has 0 radical (unpaired) electrons. The van der Waals surface area contributed by atoms with Gasteiger partial charge in [-0.3, -0.25) is 14.7 Å². The zero-order chi connectivity index (χ0) is 20.4. The number of carbonyl (C=O) groups excluding carboxylic acids is 1. The lowest BCUT2D eigenvalue weighted by Gasteiger charge is -2.51. The van der Waals surface area contributed by atoms with E-state index in [0.717, 1.165) is 48.1 Å². The number of aromatic nitrogens is 1. The van der Waals surface area contributed by atoms with Crippen LogP contribution in [0.2, 0.25) is 0 Å². The Labute approximate surface area is 172 Å². The van der Waals surface area contributed by atoms with E-state index in [0.29, 0.717) is 18.3 Å². The van der Waals surface area contributed by atoms with Crippen LogP contribution in [0.5, 0.6) is 5.75 Å². The summed E-state index contributed by atoms with van der Waals surface area (Å²) in [4.78, 5) is 19.6. The van der Waals surface area contributed by atoms with Gasteiger partial charge in [0.2, 0.25) is 0 Å². The van der Waals surface area contributed by atoms with Crippen molar-refractivity contribution in [1.82, 2.24) is 9.88 Å². The summed E-state index contributed by atoms with van der Waals surface area (Å²) in [7, 11) is 1.66. The van der Waals surface area contributed by atoms with Gasteiger partial charge in [-0.15, -0.1) is 6.58 Å². The van der Waals surface area contributed by atoms with Gasteiger partial charge < -0.3 is 9.47 Å². The predicted molar refractivity (Wildman–Crippen MR) is 114 cm³/mol. The summed E-state index contributed by atoms with van der Waals surface area (Å²) < 4.78 is 11.6. The van der Waals surface area contributed by atoms with Crippen molar-refractivity contribution in [2.75, 3.05) is 20.2 Å². The average molecular weight is 395 g/mol. The molecule has 0 saturated carbocycles. The van der Waals surface area contributed by atoms with Gasteiger partial charge in [-0.05, 0) is 61.9 Å². The minimum absolute atomic E-state index is 0.131. The molecule has 29 heavy (non-hydrogen) atoms. The van der Waals surface area contributed by atoms with Crippen molar-refractivity contribution >= 4 is 16.9 Å². The topological polar surface area (TPSA) is 51.7 Å². The van der Waals surface area contributed by atoms with Crippen molar-refractivity contribution in [3.05, 3.63) is 48.7 Å². The first-order valence-electron chi connectivity index (χ1n) is 10.6. The Hall–Kier alpha value is -2.40. The fourth-order valence-electron chi connectivity index (χ4n) is 4.97. The third-order valence-corrected chi connectivity index (χ3v) is 6.50. The minimum Gasteiger partial charge on any atom is -0.497 e. The van der Waals surface area contributed by atoms with E-state index in [2.05, 4.69) is 22.5 Å². The second-order valence-corrected chi connectivity index (χ2v) is 8.19. The minimum atomic E-state index is -0.305. The van der Waals surface area contributed by atoms with Gasteiger partial charge >= 0.3 is 5.97 Å². The second kappa shape index (κ2) is 8.54. The number of hydrogen-bond acceptors (Lipinski definition) is 5. The third-order valence-electron chi connectivity index (χ3n) is 6.50. The molecule has 5 heteroatoms. The number of methoxy groups -OCH3 is 1. The predicted octanol–water partition coefficient (Wildman–Crippen LogP) is 4.52. The van der Waals surface area contributed by atoms with Crippen LogP contribution in [0.4, 0.5) is 0 Å². The lowest BCUT2D eigenvalue weighted by Crippen LogP contribution is -2.55. The van der Waals surface area contributed by atoms with Crippen molar-refractivity contribution < 1.29 is 14.3 Å². The molecule has 3 saturated heterocycles. The first-order chi connectivity index (χ1) is 14.1. The highest BCUT2D eigenvalue weighted by molar-refractivity contribution is 5.84. The van der Waals surface area contributed by atoms with E-state index in [1.165, 1.54) is 6.42 Å². The summed E-state index contributed by atoms with van der Waals surface area (Å²) in [5, 5.41) is 0.990. The van der Waals surface area contributed by atoms with E-state index in [4.69, 9.17) is 9.47 Å². The van der Waals surface area contributed by atoms with E-state index < -0.39 is 0 Å². The van der Waals surface area contributed by atoms with Gasteiger partial charge in [0.1, 0.15) is 11.9 Å². The zero-order valence-corrected chi connectivity index (χ0v) is 17.3. The Morgan fingerprint density at radius 3 is 2.97 bits per heavy atom. The number of hydrogen-bond donors (Lipinski definition) is 0. The van der Waals surface area contributed by atoms with E-state index >= 15 is 0 Å². The molecular weight excluding hydrogens is 364 g/mol. The number of nitrogens with zero attached hydrogens (tertiary/aromatic N) is 2. The molecule has 1 aromatic heterocycles. The molecular formula is C24H30N2O3. The van der Waals surface area contributed by atoms with Crippen molar-refractivity contribution in [2.24, 2.45) is 11.8 Å². The van der Waals surface area contributed by atoms with Crippen LogP contribution < -0.4 is 4.74 Å². The molecule has 0 spiro atoms. The Kier molecular flexibility index (Phi) is 5.86. The summed E-state index contributed by atoms with van der Waals surface area (Å²) in [5.74, 6) is 1.79. The molecule has 5 nitrogen and oxygen atoms in total. The van der Waals surface area contributed by atoms with Crippen molar-refractivity contribution in [3.8, 4) is 5.75 Å². The first kappa shape index (κ1) is 19.9. The Morgan fingerprint density at radius 2 is 2.28 bits per heavy atom. The number of piperidine rings is 3. The van der Waals surface area contributed by atoms with E-state index in [1.54, 1.807) is 7.11 Å². The summed E-state index contributed by atoms with van der Waals surface area (Å²) in [6.07, 6.45) is 7.04. The zero-order valence-electron chi connectivity index (χ0n) is 17.3. The van der Waals surface area contributed by atoms with Crippen LogP contribution in [0.3, 0.4) is 0 Å². The number of pyridine rings is 1. The normalized spacial score (nSPS) is 26.8. The molecule has 2 bridgehead atoms. The fraction of sp³-hybridized carbons (Fsp3) is 0.500. The second-order valence-electron chi connectivity index (χ2n) is 8.19. The van der Waals surface area contributed by atoms with E-state index in [-0.39, 0.29) is 18.1 Å². The molecule has 3 fully saturated rings. The summed E-state index contributed by atoms with van der Waals surface area (Å²) in [6.45, 7) is 8.08. The highest BCUT2D eigenvalue weighted by atomic mass is 16.5. The Morgan fingerprint density at radius 1 is 1.41 bits per heavy atom. The van der Waals surface area contributed by atoms with Crippen molar-refractivity contribution in [2.45, 2.75) is 44.8 Å². The Balaban J connectivity index is 1.75. The number of benzene rings is 1. The molecule has 0 N–H and O–H groups in total. The van der Waals surface area contributed by atoms with Crippen LogP contribution in [-0.4, -0.2) is 42.1 Å². The SMILES string of the molecule is C=C[C@H]1CN2CC[C@H]1C[C@@H]2[C@@H](OC(=O)CCC)c1ccnc2ccc(OC)cc12. The van der Waals surface area contributed by atoms with Gasteiger partial charge in [0.25, 0.3) is 0 Å². The van der Waals surface area contributed by atoms with Gasteiger partial charge in [0.15, 0.2) is 0 Å². The third kappa shape index (κ3) is 3.88. The van der Waals surface area contributed by atoms with Gasteiger partial charge in [-0.1, -0.05) is 13.0 Å². The molecule has 1 aromatic carbocycles. The fourth-order valence-corrected chi connectivity index (χ4v) is 4.97. The average Bonchev–Trinajstić information content (AvgIpc) is 2.77. The number of carbonyl (C=O) groups is 1. The summed E-state index contributed by atoms with van der Waals surface area (Å²) >= 11 is 0. The first-order valence-corrected chi connectivity index (χ1v) is 10.6. The van der Waals surface area contributed by atoms with Gasteiger partial charge in [-0.2, -0.15) is 0 Å². The van der Waals surface area contributed by atoms with Gasteiger partial charge in [0.05, 0.1) is 18.7 Å². The Bertz CT molecular complexity index is 897. The summed E-state index contributed by atoms with van der Waals surface area (Å²) in [5.41, 5.74) is 1.91. The lowest BCUT2D eigenvalue weighted by atomic mass is 9.73. The van der Waals surface area contributed by atoms with E-state index in [9.17, 15) is 4.79 Å². The molecule has 1 unspecified atom stereocenters. The molecule has 4 heterocycles. The van der Waals surface area contributed by atoms with Crippen LogP contribution in [0, 0.1) is 11.8 Å². The highest BCUT2D eigenvalue weighted by Gasteiger charge is 2.44. The maximum absolute atomic E-state index is 12.6. The lowest BCUT2D eigenvalue weighted by molar-refractivity contribution is -0.157. The van der Waals surface area contributed by atoms with Crippen LogP contribution in [0.1, 0.15) is 44.3 Å². The standard InChI is InChI=1S/C24H30N2O3/c1-4-6-23(27)29-24(22-13-17-10-12-26(22)15-16(17)5-2)19-9-11-25-21-8-7-18(28-3)14-20(19)21/h5,7-9,11,14,16-17,22,24H,2,4,6,10,12-13,15H2,1,3H3/t16-,17-,22+,24-/m0/s1. The number of ether oxygens (including phenoxy) is 2. The maximum atomic E-state index is 12.6. The van der Waals surface area contributed by atoms with Crippen LogP contribution in [0.25, 0.3) is 10.9 Å².